The van der Waals surface area contributed by atoms with Gasteiger partial charge in [-0.3, -0.25) is 5.10 Å². The van der Waals surface area contributed by atoms with Crippen LogP contribution in [0.1, 0.15) is 37.8 Å². The minimum absolute atomic E-state index is 0.0861. The topological polar surface area (TPSA) is 106 Å². The Morgan fingerprint density at radius 3 is 2.92 bits per heavy atom. The van der Waals surface area contributed by atoms with Gasteiger partial charge in [-0.1, -0.05) is 26.0 Å². The normalized spacial score (nSPS) is 16.7. The number of fused-ring (bicyclic) bond motifs is 2. The molecular weight excluding hydrogens is 334 g/mol. The molecule has 0 spiro atoms. The van der Waals surface area contributed by atoms with Gasteiger partial charge in [-0.15, -0.1) is 0 Å². The van der Waals surface area contributed by atoms with Crippen LogP contribution >= 0.6 is 0 Å². The van der Waals surface area contributed by atoms with E-state index in [0.29, 0.717) is 23.2 Å². The number of hydrogen-bond donors (Lipinski definition) is 2. The molecule has 2 aromatic heterocycles. The third-order valence-corrected chi connectivity index (χ3v) is 4.52. The second-order valence-corrected chi connectivity index (χ2v) is 6.44. The summed E-state index contributed by atoms with van der Waals surface area (Å²) in [6.45, 7) is 6.15. The molecule has 0 amide bonds. The van der Waals surface area contributed by atoms with Crippen molar-refractivity contribution in [3.8, 4) is 0 Å². The van der Waals surface area contributed by atoms with E-state index in [1.54, 1.807) is 13.1 Å². The highest BCUT2D eigenvalue weighted by Gasteiger charge is 2.37. The lowest BCUT2D eigenvalue weighted by atomic mass is 9.80. The Hall–Kier alpha value is -3.16. The summed E-state index contributed by atoms with van der Waals surface area (Å²) in [6, 6.07) is 5.63. The van der Waals surface area contributed by atoms with Crippen molar-refractivity contribution in [3.05, 3.63) is 46.8 Å². The van der Waals surface area contributed by atoms with Gasteiger partial charge in [0.05, 0.1) is 24.3 Å². The second kappa shape index (κ2) is 6.29. The molecule has 8 heteroatoms. The number of hydrogen-bond acceptors (Lipinski definition) is 7. The number of allylic oxidation sites excluding steroid dienone is 1. The Kier molecular flexibility index (Phi) is 3.95. The average molecular weight is 353 g/mol. The first kappa shape index (κ1) is 16.3. The summed E-state index contributed by atoms with van der Waals surface area (Å²) in [6.07, 6.45) is 1.72. The number of H-pyrrole nitrogens is 1. The number of aromatic nitrogens is 4. The molecule has 3 heterocycles. The SMILES string of the molecule is CCOC(=O)C1=C(C(C)C)Nc2[nH]ncc2C1c1cccc2nonc12. The fraction of sp³-hybridized carbons (Fsp3) is 0.333. The summed E-state index contributed by atoms with van der Waals surface area (Å²) >= 11 is 0. The molecule has 0 fully saturated rings. The zero-order chi connectivity index (χ0) is 18.3. The smallest absolute Gasteiger partial charge is 0.336 e. The molecule has 3 aromatic rings. The van der Waals surface area contributed by atoms with Crippen LogP contribution in [-0.4, -0.2) is 33.1 Å². The van der Waals surface area contributed by atoms with E-state index in [0.717, 1.165) is 22.6 Å². The van der Waals surface area contributed by atoms with Crippen molar-refractivity contribution in [3.63, 3.8) is 0 Å². The van der Waals surface area contributed by atoms with Crippen molar-refractivity contribution in [2.45, 2.75) is 26.7 Å². The maximum Gasteiger partial charge on any atom is 0.336 e. The molecule has 0 aliphatic carbocycles. The van der Waals surface area contributed by atoms with Gasteiger partial charge in [0.2, 0.25) is 0 Å². The second-order valence-electron chi connectivity index (χ2n) is 6.44. The van der Waals surface area contributed by atoms with Gasteiger partial charge in [0.1, 0.15) is 16.9 Å². The molecule has 26 heavy (non-hydrogen) atoms. The number of carbonyl (C=O) groups is 1. The van der Waals surface area contributed by atoms with Crippen LogP contribution in [0.25, 0.3) is 11.0 Å². The van der Waals surface area contributed by atoms with Crippen molar-refractivity contribution in [1.29, 1.82) is 0 Å². The van der Waals surface area contributed by atoms with Crippen LogP contribution in [0.3, 0.4) is 0 Å². The predicted molar refractivity (Wildman–Crippen MR) is 94.4 cm³/mol. The Morgan fingerprint density at radius 2 is 2.15 bits per heavy atom. The monoisotopic (exact) mass is 353 g/mol. The highest BCUT2D eigenvalue weighted by Crippen LogP contribution is 2.44. The summed E-state index contributed by atoms with van der Waals surface area (Å²) < 4.78 is 10.3. The van der Waals surface area contributed by atoms with Crippen LogP contribution in [0.4, 0.5) is 5.82 Å². The van der Waals surface area contributed by atoms with E-state index in [-0.39, 0.29) is 17.8 Å². The molecule has 0 saturated heterocycles. The lowest BCUT2D eigenvalue weighted by molar-refractivity contribution is -0.138. The molecule has 1 unspecified atom stereocenters. The Balaban J connectivity index is 1.99. The number of esters is 1. The third-order valence-electron chi connectivity index (χ3n) is 4.52. The summed E-state index contributed by atoms with van der Waals surface area (Å²) in [4.78, 5) is 12.9. The maximum absolute atomic E-state index is 12.9. The molecule has 0 bridgehead atoms. The standard InChI is InChI=1S/C18H19N5O3/c1-4-25-18(24)14-13(10-6-5-7-12-16(10)23-26-22-12)11-8-19-21-17(11)20-15(14)9(2)3/h5-9,13H,4H2,1-3H3,(H2,19,20,21). The number of nitrogens with zero attached hydrogens (tertiary/aromatic N) is 3. The minimum Gasteiger partial charge on any atom is -0.463 e. The summed E-state index contributed by atoms with van der Waals surface area (Å²) in [5.41, 5.74) is 4.31. The van der Waals surface area contributed by atoms with E-state index in [2.05, 4.69) is 25.8 Å². The number of carbonyl (C=O) groups excluding carboxylic acids is 1. The zero-order valence-corrected chi connectivity index (χ0v) is 14.7. The molecule has 8 nitrogen and oxygen atoms in total. The van der Waals surface area contributed by atoms with Crippen LogP contribution in [-0.2, 0) is 9.53 Å². The number of rotatable bonds is 4. The molecule has 1 aromatic carbocycles. The van der Waals surface area contributed by atoms with Gasteiger partial charge in [0, 0.05) is 11.3 Å². The molecule has 1 atom stereocenters. The predicted octanol–water partition coefficient (Wildman–Crippen LogP) is 2.98. The molecule has 1 aliphatic rings. The van der Waals surface area contributed by atoms with Crippen LogP contribution in [0.15, 0.2) is 40.3 Å². The highest BCUT2D eigenvalue weighted by atomic mass is 16.6. The molecule has 4 rings (SSSR count). The van der Waals surface area contributed by atoms with Crippen LogP contribution in [0.2, 0.25) is 0 Å². The number of nitrogens with one attached hydrogen (secondary N) is 2. The fourth-order valence-electron chi connectivity index (χ4n) is 3.40. The van der Waals surface area contributed by atoms with Gasteiger partial charge >= 0.3 is 5.97 Å². The van der Waals surface area contributed by atoms with Crippen molar-refractivity contribution >= 4 is 22.8 Å². The number of aromatic amines is 1. The molecule has 0 saturated carbocycles. The summed E-state index contributed by atoms with van der Waals surface area (Å²) in [5.74, 6) is 0.120. The van der Waals surface area contributed by atoms with Gasteiger partial charge in [-0.25, -0.2) is 9.42 Å². The quantitative estimate of drug-likeness (QED) is 0.695. The largest absolute Gasteiger partial charge is 0.463 e. The summed E-state index contributed by atoms with van der Waals surface area (Å²) in [5, 5.41) is 18.4. The Morgan fingerprint density at radius 1 is 1.31 bits per heavy atom. The Labute approximate surface area is 149 Å². The van der Waals surface area contributed by atoms with E-state index in [1.165, 1.54) is 0 Å². The Bertz CT molecular complexity index is 1000. The molecule has 2 N–H and O–H groups in total. The number of anilines is 1. The number of benzene rings is 1. The van der Waals surface area contributed by atoms with E-state index in [4.69, 9.17) is 9.37 Å². The molecule has 0 radical (unpaired) electrons. The van der Waals surface area contributed by atoms with Gasteiger partial charge in [0.15, 0.2) is 0 Å². The van der Waals surface area contributed by atoms with Crippen LogP contribution in [0, 0.1) is 5.92 Å². The third kappa shape index (κ3) is 2.45. The first-order valence-electron chi connectivity index (χ1n) is 8.54. The maximum atomic E-state index is 12.9. The van der Waals surface area contributed by atoms with Gasteiger partial charge < -0.3 is 10.1 Å². The summed E-state index contributed by atoms with van der Waals surface area (Å²) in [7, 11) is 0. The number of ether oxygens (including phenoxy) is 1. The zero-order valence-electron chi connectivity index (χ0n) is 14.7. The van der Waals surface area contributed by atoms with E-state index >= 15 is 0 Å². The van der Waals surface area contributed by atoms with E-state index in [1.807, 2.05) is 32.0 Å². The van der Waals surface area contributed by atoms with Crippen LogP contribution < -0.4 is 5.32 Å². The van der Waals surface area contributed by atoms with E-state index < -0.39 is 0 Å². The fourth-order valence-corrected chi connectivity index (χ4v) is 3.40. The van der Waals surface area contributed by atoms with Crippen LogP contribution in [0.5, 0.6) is 0 Å². The van der Waals surface area contributed by atoms with Gasteiger partial charge in [0.25, 0.3) is 0 Å². The van der Waals surface area contributed by atoms with Gasteiger partial charge in [-0.05, 0) is 34.8 Å². The molecular formula is C18H19N5O3. The minimum atomic E-state index is -0.378. The van der Waals surface area contributed by atoms with Gasteiger partial charge in [-0.2, -0.15) is 5.10 Å². The van der Waals surface area contributed by atoms with Crippen molar-refractivity contribution in [1.82, 2.24) is 20.5 Å². The van der Waals surface area contributed by atoms with E-state index in [9.17, 15) is 4.79 Å². The van der Waals surface area contributed by atoms with Crippen molar-refractivity contribution in [2.24, 2.45) is 5.92 Å². The average Bonchev–Trinajstić information content (AvgIpc) is 3.28. The first-order valence-corrected chi connectivity index (χ1v) is 8.54. The first-order chi connectivity index (χ1) is 12.6. The molecule has 1 aliphatic heterocycles. The van der Waals surface area contributed by atoms with Crippen molar-refractivity contribution in [2.75, 3.05) is 11.9 Å². The van der Waals surface area contributed by atoms with Crippen molar-refractivity contribution < 1.29 is 14.2 Å². The lowest BCUT2D eigenvalue weighted by Gasteiger charge is -2.30. The lowest BCUT2D eigenvalue weighted by Crippen LogP contribution is -2.27. The molecule has 134 valence electrons. The highest BCUT2D eigenvalue weighted by molar-refractivity contribution is 5.96.